The summed E-state index contributed by atoms with van der Waals surface area (Å²) in [5, 5.41) is 3.51. The molecular formula is C15H25N3O3. The molecule has 0 amide bonds. The number of aromatic nitrogens is 2. The zero-order valence-electron chi connectivity index (χ0n) is 13.1. The van der Waals surface area contributed by atoms with Crippen molar-refractivity contribution in [3.8, 4) is 5.88 Å². The van der Waals surface area contributed by atoms with Crippen molar-refractivity contribution >= 4 is 0 Å². The van der Waals surface area contributed by atoms with E-state index in [0.29, 0.717) is 25.7 Å². The Morgan fingerprint density at radius 2 is 2.00 bits per heavy atom. The summed E-state index contributed by atoms with van der Waals surface area (Å²) in [4.78, 5) is 8.78. The van der Waals surface area contributed by atoms with Gasteiger partial charge in [0.05, 0.1) is 18.8 Å². The Balaban J connectivity index is 2.39. The quantitative estimate of drug-likeness (QED) is 0.826. The topological polar surface area (TPSA) is 65.5 Å². The third-order valence-corrected chi connectivity index (χ3v) is 3.86. The lowest BCUT2D eigenvalue weighted by Crippen LogP contribution is -2.50. The first-order valence-corrected chi connectivity index (χ1v) is 7.57. The van der Waals surface area contributed by atoms with Crippen LogP contribution in [0.3, 0.4) is 0 Å². The lowest BCUT2D eigenvalue weighted by Gasteiger charge is -2.43. The maximum absolute atomic E-state index is 6.17. The summed E-state index contributed by atoms with van der Waals surface area (Å²) in [6.07, 6.45) is 5.00. The highest BCUT2D eigenvalue weighted by Gasteiger charge is 2.43. The highest BCUT2D eigenvalue weighted by atomic mass is 16.5. The minimum Gasteiger partial charge on any atom is -0.480 e. The van der Waals surface area contributed by atoms with Crippen LogP contribution in [0, 0.1) is 0 Å². The smallest absolute Gasteiger partial charge is 0.237 e. The second kappa shape index (κ2) is 7.68. The molecule has 0 aliphatic carbocycles. The van der Waals surface area contributed by atoms with Crippen molar-refractivity contribution in [2.45, 2.75) is 38.3 Å². The normalized spacial score (nSPS) is 19.2. The zero-order valence-corrected chi connectivity index (χ0v) is 13.1. The van der Waals surface area contributed by atoms with E-state index < -0.39 is 0 Å². The van der Waals surface area contributed by atoms with Crippen molar-refractivity contribution in [1.29, 1.82) is 0 Å². The predicted molar refractivity (Wildman–Crippen MR) is 79.4 cm³/mol. The summed E-state index contributed by atoms with van der Waals surface area (Å²) in [5.41, 5.74) is 0.476. The number of hydrogen-bond donors (Lipinski definition) is 1. The zero-order chi connectivity index (χ0) is 15.1. The van der Waals surface area contributed by atoms with Gasteiger partial charge in [0.2, 0.25) is 5.88 Å². The second-order valence-corrected chi connectivity index (χ2v) is 5.05. The van der Waals surface area contributed by atoms with Gasteiger partial charge in [-0.25, -0.2) is 4.98 Å². The Labute approximate surface area is 126 Å². The van der Waals surface area contributed by atoms with Gasteiger partial charge in [-0.3, -0.25) is 4.98 Å². The molecule has 1 atom stereocenters. The molecule has 0 saturated carbocycles. The molecule has 1 aliphatic heterocycles. The third-order valence-electron chi connectivity index (χ3n) is 3.86. The van der Waals surface area contributed by atoms with E-state index in [4.69, 9.17) is 14.2 Å². The number of rotatable bonds is 7. The molecule has 21 heavy (non-hydrogen) atoms. The van der Waals surface area contributed by atoms with E-state index in [9.17, 15) is 0 Å². The summed E-state index contributed by atoms with van der Waals surface area (Å²) < 4.78 is 17.1. The molecule has 6 heteroatoms. The Morgan fingerprint density at radius 1 is 1.29 bits per heavy atom. The molecule has 1 unspecified atom stereocenters. The van der Waals surface area contributed by atoms with Crippen LogP contribution in [0.15, 0.2) is 12.4 Å². The molecule has 2 heterocycles. The van der Waals surface area contributed by atoms with Crippen molar-refractivity contribution in [2.75, 3.05) is 33.5 Å². The lowest BCUT2D eigenvalue weighted by molar-refractivity contribution is -0.128. The van der Waals surface area contributed by atoms with Crippen LogP contribution >= 0.6 is 0 Å². The van der Waals surface area contributed by atoms with Crippen molar-refractivity contribution in [3.63, 3.8) is 0 Å². The van der Waals surface area contributed by atoms with Crippen molar-refractivity contribution < 1.29 is 14.2 Å². The van der Waals surface area contributed by atoms with Gasteiger partial charge in [-0.2, -0.15) is 0 Å². The average Bonchev–Trinajstić information content (AvgIpc) is 2.53. The van der Waals surface area contributed by atoms with Gasteiger partial charge in [0.25, 0.3) is 0 Å². The first-order valence-electron chi connectivity index (χ1n) is 7.57. The molecule has 1 fully saturated rings. The lowest BCUT2D eigenvalue weighted by atomic mass is 9.83. The van der Waals surface area contributed by atoms with Crippen LogP contribution in [0.1, 0.15) is 38.4 Å². The molecule has 1 saturated heterocycles. The maximum Gasteiger partial charge on any atom is 0.237 e. The molecule has 1 N–H and O–H groups in total. The van der Waals surface area contributed by atoms with E-state index in [2.05, 4.69) is 22.2 Å². The fourth-order valence-electron chi connectivity index (χ4n) is 2.95. The number of nitrogens with zero attached hydrogens (tertiary/aromatic N) is 2. The van der Waals surface area contributed by atoms with Crippen molar-refractivity contribution in [3.05, 3.63) is 18.1 Å². The van der Waals surface area contributed by atoms with Gasteiger partial charge in [0, 0.05) is 45.1 Å². The Kier molecular flexibility index (Phi) is 5.90. The van der Waals surface area contributed by atoms with E-state index in [1.54, 1.807) is 19.5 Å². The summed E-state index contributed by atoms with van der Waals surface area (Å²) >= 11 is 0. The van der Waals surface area contributed by atoms with Gasteiger partial charge in [-0.05, 0) is 13.5 Å². The molecule has 1 aromatic rings. The second-order valence-electron chi connectivity index (χ2n) is 5.05. The summed E-state index contributed by atoms with van der Waals surface area (Å²) in [6.45, 7) is 6.97. The summed E-state index contributed by atoms with van der Waals surface area (Å²) in [7, 11) is 1.62. The monoisotopic (exact) mass is 295 g/mol. The van der Waals surface area contributed by atoms with Gasteiger partial charge in [-0.1, -0.05) is 6.92 Å². The highest BCUT2D eigenvalue weighted by molar-refractivity contribution is 5.25. The number of hydrogen-bond acceptors (Lipinski definition) is 6. The van der Waals surface area contributed by atoms with Gasteiger partial charge >= 0.3 is 0 Å². The first kappa shape index (κ1) is 16.1. The molecule has 118 valence electrons. The average molecular weight is 295 g/mol. The van der Waals surface area contributed by atoms with Crippen LogP contribution in [0.4, 0.5) is 0 Å². The van der Waals surface area contributed by atoms with E-state index in [-0.39, 0.29) is 11.6 Å². The molecule has 0 aromatic carbocycles. The number of methoxy groups -OCH3 is 1. The van der Waals surface area contributed by atoms with Crippen LogP contribution in [0.25, 0.3) is 0 Å². The van der Waals surface area contributed by atoms with Crippen LogP contribution in [0.2, 0.25) is 0 Å². The molecule has 1 aromatic heterocycles. The summed E-state index contributed by atoms with van der Waals surface area (Å²) in [5.74, 6) is 0.550. The molecule has 1 aliphatic rings. The van der Waals surface area contributed by atoms with Crippen LogP contribution < -0.4 is 10.1 Å². The van der Waals surface area contributed by atoms with E-state index >= 15 is 0 Å². The Morgan fingerprint density at radius 3 is 2.62 bits per heavy atom. The van der Waals surface area contributed by atoms with Crippen molar-refractivity contribution in [1.82, 2.24) is 15.3 Å². The van der Waals surface area contributed by atoms with Gasteiger partial charge in [0.15, 0.2) is 0 Å². The van der Waals surface area contributed by atoms with E-state index in [0.717, 1.165) is 25.1 Å². The van der Waals surface area contributed by atoms with E-state index in [1.807, 2.05) is 6.92 Å². The maximum atomic E-state index is 6.17. The molecule has 6 nitrogen and oxygen atoms in total. The van der Waals surface area contributed by atoms with Crippen molar-refractivity contribution in [2.24, 2.45) is 0 Å². The number of likely N-dealkylation sites (N-methyl/N-ethyl adjacent to an activating group) is 1. The van der Waals surface area contributed by atoms with Gasteiger partial charge < -0.3 is 19.5 Å². The van der Waals surface area contributed by atoms with Gasteiger partial charge in [0.1, 0.15) is 5.69 Å². The minimum atomic E-state index is -0.327. The molecule has 2 rings (SSSR count). The Hall–Kier alpha value is -1.24. The minimum absolute atomic E-state index is 0.0602. The van der Waals surface area contributed by atoms with Crippen LogP contribution in [0.5, 0.6) is 5.88 Å². The first-order chi connectivity index (χ1) is 10.3. The van der Waals surface area contributed by atoms with Crippen LogP contribution in [-0.4, -0.2) is 49.0 Å². The standard InChI is InChI=1S/C15H25N3O3/c1-4-16-13(12-14(19-3)18-9-8-17-12)15(21-5-2)6-10-20-11-7-15/h8-9,13,16H,4-7,10-11H2,1-3H3. The largest absolute Gasteiger partial charge is 0.480 e. The fraction of sp³-hybridized carbons (Fsp3) is 0.733. The molecule has 0 bridgehead atoms. The highest BCUT2D eigenvalue weighted by Crippen LogP contribution is 2.39. The number of nitrogens with one attached hydrogen (secondary N) is 1. The van der Waals surface area contributed by atoms with Crippen LogP contribution in [-0.2, 0) is 9.47 Å². The molecule has 0 radical (unpaired) electrons. The fourth-order valence-corrected chi connectivity index (χ4v) is 2.95. The van der Waals surface area contributed by atoms with E-state index in [1.165, 1.54) is 0 Å². The third kappa shape index (κ3) is 3.51. The summed E-state index contributed by atoms with van der Waals surface area (Å²) in [6, 6.07) is -0.0602. The Bertz CT molecular complexity index is 430. The predicted octanol–water partition coefficient (Wildman–Crippen LogP) is 1.72. The SMILES string of the molecule is CCNC(c1nccnc1OC)C1(OCC)CCOCC1. The number of ether oxygens (including phenoxy) is 3. The molecular weight excluding hydrogens is 270 g/mol. The van der Waals surface area contributed by atoms with Gasteiger partial charge in [-0.15, -0.1) is 0 Å². The molecule has 0 spiro atoms.